The highest BCUT2D eigenvalue weighted by molar-refractivity contribution is 5.33. The Bertz CT molecular complexity index is 416. The van der Waals surface area contributed by atoms with Crippen molar-refractivity contribution in [3.63, 3.8) is 0 Å². The molecule has 1 rings (SSSR count). The molecule has 0 amide bonds. The molecule has 0 aliphatic heterocycles. The molecule has 2 nitrogen and oxygen atoms in total. The van der Waals surface area contributed by atoms with Crippen LogP contribution in [0.2, 0.25) is 0 Å². The van der Waals surface area contributed by atoms with Crippen LogP contribution in [0.5, 0.6) is 0 Å². The molecule has 2 atom stereocenters. The van der Waals surface area contributed by atoms with Gasteiger partial charge in [0.15, 0.2) is 0 Å². The van der Waals surface area contributed by atoms with Gasteiger partial charge in [0, 0.05) is 13.7 Å². The van der Waals surface area contributed by atoms with Gasteiger partial charge >= 0.3 is 6.18 Å². The fourth-order valence-electron chi connectivity index (χ4n) is 2.09. The second kappa shape index (κ2) is 6.39. The maximum Gasteiger partial charge on any atom is 0.416 e. The quantitative estimate of drug-likeness (QED) is 0.888. The summed E-state index contributed by atoms with van der Waals surface area (Å²) >= 11 is 0. The number of hydrogen-bond donors (Lipinski definition) is 1. The molecule has 0 fully saturated rings. The van der Waals surface area contributed by atoms with Crippen molar-refractivity contribution >= 4 is 0 Å². The number of ether oxygens (including phenoxy) is 1. The zero-order valence-electron chi connectivity index (χ0n) is 11.3. The Morgan fingerprint density at radius 1 is 1.32 bits per heavy atom. The van der Waals surface area contributed by atoms with Gasteiger partial charge in [-0.2, -0.15) is 13.2 Å². The number of aliphatic hydroxyl groups is 1. The van der Waals surface area contributed by atoms with E-state index in [1.807, 2.05) is 6.92 Å². The molecule has 0 aliphatic carbocycles. The molecule has 0 spiro atoms. The Morgan fingerprint density at radius 3 is 2.42 bits per heavy atom. The largest absolute Gasteiger partial charge is 0.416 e. The third-order valence-corrected chi connectivity index (χ3v) is 3.03. The molecule has 19 heavy (non-hydrogen) atoms. The van der Waals surface area contributed by atoms with E-state index in [-0.39, 0.29) is 5.92 Å². The number of rotatable bonds is 5. The average molecular weight is 276 g/mol. The van der Waals surface area contributed by atoms with Gasteiger partial charge in [-0.3, -0.25) is 0 Å². The number of aliphatic hydroxyl groups excluding tert-OH is 1. The van der Waals surface area contributed by atoms with Gasteiger partial charge in [-0.1, -0.05) is 13.0 Å². The minimum absolute atomic E-state index is 0.140. The van der Waals surface area contributed by atoms with Gasteiger partial charge in [-0.25, -0.2) is 0 Å². The summed E-state index contributed by atoms with van der Waals surface area (Å²) in [5, 5.41) is 10.1. The van der Waals surface area contributed by atoms with E-state index in [1.165, 1.54) is 6.07 Å². The van der Waals surface area contributed by atoms with Gasteiger partial charge in [0.2, 0.25) is 0 Å². The van der Waals surface area contributed by atoms with E-state index in [0.717, 1.165) is 12.1 Å². The summed E-state index contributed by atoms with van der Waals surface area (Å²) in [4.78, 5) is 0. The fourth-order valence-corrected chi connectivity index (χ4v) is 2.09. The number of hydrogen-bond acceptors (Lipinski definition) is 2. The lowest BCUT2D eigenvalue weighted by Crippen LogP contribution is -2.11. The van der Waals surface area contributed by atoms with Gasteiger partial charge in [-0.15, -0.1) is 0 Å². The molecule has 0 saturated carbocycles. The molecule has 0 radical (unpaired) electrons. The standard InChI is InChI=1S/C14H19F3O2/c1-9(8-19-3)6-13(18)12-5-4-11(7-10(12)2)14(15,16)17/h4-5,7,9,13,18H,6,8H2,1-3H3. The summed E-state index contributed by atoms with van der Waals surface area (Å²) < 4.78 is 42.6. The van der Waals surface area contributed by atoms with E-state index < -0.39 is 17.8 Å². The Hall–Kier alpha value is -1.07. The second-order valence-electron chi connectivity index (χ2n) is 4.88. The van der Waals surface area contributed by atoms with Crippen LogP contribution in [0, 0.1) is 12.8 Å². The summed E-state index contributed by atoms with van der Waals surface area (Å²) in [5.41, 5.74) is 0.300. The van der Waals surface area contributed by atoms with Crippen LogP contribution in [0.3, 0.4) is 0 Å². The molecule has 1 N–H and O–H groups in total. The molecule has 0 saturated heterocycles. The van der Waals surface area contributed by atoms with Crippen LogP contribution >= 0.6 is 0 Å². The second-order valence-corrected chi connectivity index (χ2v) is 4.88. The molecule has 5 heteroatoms. The predicted molar refractivity (Wildman–Crippen MR) is 66.8 cm³/mol. The minimum atomic E-state index is -4.35. The number of halogens is 3. The SMILES string of the molecule is COCC(C)CC(O)c1ccc(C(F)(F)F)cc1C. The van der Waals surface area contributed by atoms with E-state index >= 15 is 0 Å². The predicted octanol–water partition coefficient (Wildman–Crippen LogP) is 3.72. The van der Waals surface area contributed by atoms with Crippen LogP contribution in [0.25, 0.3) is 0 Å². The van der Waals surface area contributed by atoms with Crippen LogP contribution < -0.4 is 0 Å². The Morgan fingerprint density at radius 2 is 1.95 bits per heavy atom. The molecule has 0 aliphatic rings. The molecular weight excluding hydrogens is 257 g/mol. The van der Waals surface area contributed by atoms with E-state index in [4.69, 9.17) is 4.74 Å². The summed E-state index contributed by atoms with van der Waals surface area (Å²) in [7, 11) is 1.58. The smallest absolute Gasteiger partial charge is 0.388 e. The highest BCUT2D eigenvalue weighted by atomic mass is 19.4. The van der Waals surface area contributed by atoms with Crippen LogP contribution in [0.15, 0.2) is 18.2 Å². The number of alkyl halides is 3. The van der Waals surface area contributed by atoms with Crippen molar-refractivity contribution in [3.05, 3.63) is 34.9 Å². The molecule has 1 aromatic rings. The van der Waals surface area contributed by atoms with E-state index in [1.54, 1.807) is 14.0 Å². The molecule has 0 bridgehead atoms. The first kappa shape index (κ1) is 16.0. The van der Waals surface area contributed by atoms with Gasteiger partial charge in [0.05, 0.1) is 11.7 Å². The highest BCUT2D eigenvalue weighted by Gasteiger charge is 2.31. The number of benzene rings is 1. The van der Waals surface area contributed by atoms with E-state index in [0.29, 0.717) is 24.2 Å². The molecule has 0 aromatic heterocycles. The Labute approximate surface area is 111 Å². The van der Waals surface area contributed by atoms with Gasteiger partial charge < -0.3 is 9.84 Å². The van der Waals surface area contributed by atoms with Crippen molar-refractivity contribution in [1.82, 2.24) is 0 Å². The topological polar surface area (TPSA) is 29.5 Å². The normalized spacial score (nSPS) is 15.3. The molecule has 108 valence electrons. The van der Waals surface area contributed by atoms with Crippen molar-refractivity contribution in [2.75, 3.05) is 13.7 Å². The zero-order chi connectivity index (χ0) is 14.6. The Balaban J connectivity index is 2.84. The molecule has 2 unspecified atom stereocenters. The van der Waals surface area contributed by atoms with Crippen molar-refractivity contribution in [3.8, 4) is 0 Å². The fraction of sp³-hybridized carbons (Fsp3) is 0.571. The first-order chi connectivity index (χ1) is 8.75. The molecular formula is C14H19F3O2. The van der Waals surface area contributed by atoms with Crippen LogP contribution in [0.1, 0.15) is 36.1 Å². The monoisotopic (exact) mass is 276 g/mol. The van der Waals surface area contributed by atoms with Crippen molar-refractivity contribution in [1.29, 1.82) is 0 Å². The van der Waals surface area contributed by atoms with Crippen LogP contribution in [0.4, 0.5) is 13.2 Å². The summed E-state index contributed by atoms with van der Waals surface area (Å²) in [6.07, 6.45) is -4.66. The van der Waals surface area contributed by atoms with Crippen molar-refractivity contribution in [2.45, 2.75) is 32.5 Å². The summed E-state index contributed by atoms with van der Waals surface area (Å²) in [5.74, 6) is 0.140. The number of methoxy groups -OCH3 is 1. The first-order valence-electron chi connectivity index (χ1n) is 6.10. The van der Waals surface area contributed by atoms with Gasteiger partial charge in [0.1, 0.15) is 0 Å². The van der Waals surface area contributed by atoms with E-state index in [9.17, 15) is 18.3 Å². The Kier molecular flexibility index (Phi) is 5.38. The third kappa shape index (κ3) is 4.51. The van der Waals surface area contributed by atoms with Gasteiger partial charge in [-0.05, 0) is 42.5 Å². The minimum Gasteiger partial charge on any atom is -0.388 e. The maximum absolute atomic E-state index is 12.5. The average Bonchev–Trinajstić information content (AvgIpc) is 2.27. The van der Waals surface area contributed by atoms with Crippen molar-refractivity contribution in [2.24, 2.45) is 5.92 Å². The lowest BCUT2D eigenvalue weighted by Gasteiger charge is -2.19. The number of aryl methyl sites for hydroxylation is 1. The third-order valence-electron chi connectivity index (χ3n) is 3.03. The van der Waals surface area contributed by atoms with Crippen LogP contribution in [-0.2, 0) is 10.9 Å². The summed E-state index contributed by atoms with van der Waals surface area (Å²) in [6, 6.07) is 3.43. The van der Waals surface area contributed by atoms with Crippen LogP contribution in [-0.4, -0.2) is 18.8 Å². The van der Waals surface area contributed by atoms with Gasteiger partial charge in [0.25, 0.3) is 0 Å². The zero-order valence-corrected chi connectivity index (χ0v) is 11.3. The van der Waals surface area contributed by atoms with E-state index in [2.05, 4.69) is 0 Å². The van der Waals surface area contributed by atoms with Crippen molar-refractivity contribution < 1.29 is 23.0 Å². The maximum atomic E-state index is 12.5. The first-order valence-corrected chi connectivity index (χ1v) is 6.10. The lowest BCUT2D eigenvalue weighted by atomic mass is 9.94. The highest BCUT2D eigenvalue weighted by Crippen LogP contribution is 2.32. The molecule has 0 heterocycles. The summed E-state index contributed by atoms with van der Waals surface area (Å²) in [6.45, 7) is 4.01. The molecule has 1 aromatic carbocycles. The lowest BCUT2D eigenvalue weighted by molar-refractivity contribution is -0.137.